The SMILES string of the molecule is CCS(=O)(=O)CCn1ncc2c1CCCCC2NC. The summed E-state index contributed by atoms with van der Waals surface area (Å²) in [5.74, 6) is 0.386. The summed E-state index contributed by atoms with van der Waals surface area (Å²) in [6.45, 7) is 2.16. The fourth-order valence-corrected chi connectivity index (χ4v) is 3.39. The summed E-state index contributed by atoms with van der Waals surface area (Å²) in [5, 5.41) is 7.71. The number of aromatic nitrogens is 2. The molecule has 0 saturated carbocycles. The van der Waals surface area contributed by atoms with Crippen molar-refractivity contribution in [3.63, 3.8) is 0 Å². The highest BCUT2D eigenvalue weighted by Crippen LogP contribution is 2.28. The molecule has 19 heavy (non-hydrogen) atoms. The summed E-state index contributed by atoms with van der Waals surface area (Å²) in [5.41, 5.74) is 2.46. The lowest BCUT2D eigenvalue weighted by Crippen LogP contribution is -2.18. The molecule has 1 aliphatic rings. The van der Waals surface area contributed by atoms with E-state index < -0.39 is 9.84 Å². The average Bonchev–Trinajstić information content (AvgIpc) is 2.68. The van der Waals surface area contributed by atoms with Crippen LogP contribution in [0.2, 0.25) is 0 Å². The van der Waals surface area contributed by atoms with Crippen LogP contribution < -0.4 is 5.32 Å². The minimum absolute atomic E-state index is 0.182. The zero-order valence-electron chi connectivity index (χ0n) is 11.7. The van der Waals surface area contributed by atoms with Crippen molar-refractivity contribution < 1.29 is 8.42 Å². The van der Waals surface area contributed by atoms with Crippen LogP contribution in [-0.4, -0.2) is 36.8 Å². The standard InChI is InChI=1S/C13H23N3O2S/c1-3-19(17,18)9-8-16-13-7-5-4-6-12(14-2)11(13)10-15-16/h10,12,14H,3-9H2,1-2H3. The van der Waals surface area contributed by atoms with E-state index in [1.807, 2.05) is 17.9 Å². The Kier molecular flexibility index (Phi) is 4.62. The van der Waals surface area contributed by atoms with Crippen LogP contribution in [0.15, 0.2) is 6.20 Å². The predicted octanol–water partition coefficient (Wildman–Crippen LogP) is 1.30. The molecule has 0 aliphatic heterocycles. The van der Waals surface area contributed by atoms with Crippen LogP contribution in [-0.2, 0) is 22.8 Å². The molecule has 6 heteroatoms. The Bertz CT molecular complexity index is 522. The molecule has 108 valence electrons. The zero-order valence-corrected chi connectivity index (χ0v) is 12.5. The maximum atomic E-state index is 11.6. The van der Waals surface area contributed by atoms with Crippen LogP contribution in [0.4, 0.5) is 0 Å². The largest absolute Gasteiger partial charge is 0.313 e. The van der Waals surface area contributed by atoms with Gasteiger partial charge in [-0.25, -0.2) is 8.42 Å². The number of sulfone groups is 1. The third-order valence-corrected chi connectivity index (χ3v) is 5.60. The fraction of sp³-hybridized carbons (Fsp3) is 0.769. The highest BCUT2D eigenvalue weighted by Gasteiger charge is 2.21. The summed E-state index contributed by atoms with van der Waals surface area (Å²) < 4.78 is 25.1. The maximum Gasteiger partial charge on any atom is 0.151 e. The summed E-state index contributed by atoms with van der Waals surface area (Å²) in [7, 11) is -0.956. The van der Waals surface area contributed by atoms with Crippen molar-refractivity contribution in [3.05, 3.63) is 17.5 Å². The number of nitrogens with zero attached hydrogens (tertiary/aromatic N) is 2. The highest BCUT2D eigenvalue weighted by atomic mass is 32.2. The first-order valence-corrected chi connectivity index (χ1v) is 8.82. The number of hydrogen-bond acceptors (Lipinski definition) is 4. The zero-order chi connectivity index (χ0) is 13.9. The lowest BCUT2D eigenvalue weighted by molar-refractivity contribution is 0.532. The van der Waals surface area contributed by atoms with Crippen molar-refractivity contribution in [1.29, 1.82) is 0 Å². The third-order valence-electron chi connectivity index (χ3n) is 3.92. The Morgan fingerprint density at radius 2 is 2.26 bits per heavy atom. The molecule has 0 radical (unpaired) electrons. The minimum Gasteiger partial charge on any atom is -0.313 e. The molecule has 1 aromatic rings. The molecule has 0 saturated heterocycles. The molecule has 1 atom stereocenters. The molecule has 1 aromatic heterocycles. The normalized spacial score (nSPS) is 20.0. The Morgan fingerprint density at radius 3 is 2.95 bits per heavy atom. The van der Waals surface area contributed by atoms with Gasteiger partial charge in [0.1, 0.15) is 0 Å². The van der Waals surface area contributed by atoms with Gasteiger partial charge >= 0.3 is 0 Å². The summed E-state index contributed by atoms with van der Waals surface area (Å²) in [4.78, 5) is 0. The van der Waals surface area contributed by atoms with Crippen molar-refractivity contribution in [2.45, 2.75) is 45.2 Å². The molecular formula is C13H23N3O2S. The first-order chi connectivity index (χ1) is 9.07. The first kappa shape index (κ1) is 14.5. The molecule has 1 aliphatic carbocycles. The molecule has 2 rings (SSSR count). The maximum absolute atomic E-state index is 11.6. The second-order valence-electron chi connectivity index (χ2n) is 5.09. The lowest BCUT2D eigenvalue weighted by atomic mass is 10.1. The predicted molar refractivity (Wildman–Crippen MR) is 75.9 cm³/mol. The van der Waals surface area contributed by atoms with Gasteiger partial charge in [0.15, 0.2) is 9.84 Å². The van der Waals surface area contributed by atoms with E-state index in [0.29, 0.717) is 12.6 Å². The Labute approximate surface area is 115 Å². The summed E-state index contributed by atoms with van der Waals surface area (Å²) in [6, 6.07) is 0.356. The van der Waals surface area contributed by atoms with Gasteiger partial charge in [-0.15, -0.1) is 0 Å². The van der Waals surface area contributed by atoms with Crippen molar-refractivity contribution in [2.75, 3.05) is 18.6 Å². The van der Waals surface area contributed by atoms with Crippen LogP contribution in [0.3, 0.4) is 0 Å². The third kappa shape index (κ3) is 3.36. The van der Waals surface area contributed by atoms with Crippen LogP contribution in [0.25, 0.3) is 0 Å². The number of rotatable bonds is 5. The Hall–Kier alpha value is -0.880. The molecule has 0 fully saturated rings. The fourth-order valence-electron chi connectivity index (χ4n) is 2.65. The van der Waals surface area contributed by atoms with Crippen LogP contribution >= 0.6 is 0 Å². The molecule has 0 bridgehead atoms. The van der Waals surface area contributed by atoms with Gasteiger partial charge in [-0.2, -0.15) is 5.10 Å². The van der Waals surface area contributed by atoms with E-state index in [1.165, 1.54) is 17.7 Å². The molecule has 0 spiro atoms. The van der Waals surface area contributed by atoms with E-state index in [0.717, 1.165) is 19.3 Å². The van der Waals surface area contributed by atoms with Crippen LogP contribution in [0, 0.1) is 0 Å². The number of fused-ring (bicyclic) bond motifs is 1. The topological polar surface area (TPSA) is 64.0 Å². The molecular weight excluding hydrogens is 262 g/mol. The molecule has 0 amide bonds. The summed E-state index contributed by atoms with van der Waals surface area (Å²) in [6.07, 6.45) is 6.38. The van der Waals surface area contributed by atoms with Crippen LogP contribution in [0.5, 0.6) is 0 Å². The van der Waals surface area contributed by atoms with Crippen molar-refractivity contribution in [1.82, 2.24) is 15.1 Å². The van der Waals surface area contributed by atoms with Crippen molar-refractivity contribution >= 4 is 9.84 Å². The van der Waals surface area contributed by atoms with Gasteiger partial charge in [0.2, 0.25) is 0 Å². The average molecular weight is 285 g/mol. The Morgan fingerprint density at radius 1 is 1.47 bits per heavy atom. The Balaban J connectivity index is 2.17. The number of nitrogens with one attached hydrogen (secondary N) is 1. The van der Waals surface area contributed by atoms with Gasteiger partial charge in [0.05, 0.1) is 18.5 Å². The minimum atomic E-state index is -2.93. The van der Waals surface area contributed by atoms with E-state index >= 15 is 0 Å². The molecule has 0 aromatic carbocycles. The van der Waals surface area contributed by atoms with Gasteiger partial charge in [0.25, 0.3) is 0 Å². The van der Waals surface area contributed by atoms with E-state index in [1.54, 1.807) is 6.92 Å². The van der Waals surface area contributed by atoms with Crippen molar-refractivity contribution in [2.24, 2.45) is 0 Å². The number of aryl methyl sites for hydroxylation is 1. The van der Waals surface area contributed by atoms with Crippen LogP contribution in [0.1, 0.15) is 43.5 Å². The second-order valence-corrected chi connectivity index (χ2v) is 7.57. The van der Waals surface area contributed by atoms with E-state index in [9.17, 15) is 8.42 Å². The van der Waals surface area contributed by atoms with E-state index in [4.69, 9.17) is 0 Å². The van der Waals surface area contributed by atoms with Gasteiger partial charge in [-0.1, -0.05) is 13.3 Å². The second kappa shape index (κ2) is 6.05. The molecule has 1 N–H and O–H groups in total. The number of hydrogen-bond donors (Lipinski definition) is 1. The lowest BCUT2D eigenvalue weighted by Gasteiger charge is -2.13. The van der Waals surface area contributed by atoms with Crippen molar-refractivity contribution in [3.8, 4) is 0 Å². The monoisotopic (exact) mass is 285 g/mol. The smallest absolute Gasteiger partial charge is 0.151 e. The van der Waals surface area contributed by atoms with E-state index in [2.05, 4.69) is 10.4 Å². The first-order valence-electron chi connectivity index (χ1n) is 6.99. The molecule has 1 heterocycles. The quantitative estimate of drug-likeness (QED) is 0.828. The van der Waals surface area contributed by atoms with Gasteiger partial charge in [-0.3, -0.25) is 4.68 Å². The van der Waals surface area contributed by atoms with Gasteiger partial charge in [0, 0.05) is 23.1 Å². The van der Waals surface area contributed by atoms with Gasteiger partial charge in [-0.05, 0) is 26.3 Å². The highest BCUT2D eigenvalue weighted by molar-refractivity contribution is 7.91. The summed E-state index contributed by atoms with van der Waals surface area (Å²) >= 11 is 0. The van der Waals surface area contributed by atoms with Gasteiger partial charge < -0.3 is 5.32 Å². The molecule has 5 nitrogen and oxygen atoms in total. The van der Waals surface area contributed by atoms with E-state index in [-0.39, 0.29) is 11.5 Å². The molecule has 1 unspecified atom stereocenters.